The summed E-state index contributed by atoms with van der Waals surface area (Å²) in [5.41, 5.74) is 1.02. The zero-order valence-electron chi connectivity index (χ0n) is 12.6. The van der Waals surface area contributed by atoms with Crippen molar-refractivity contribution in [3.63, 3.8) is 0 Å². The van der Waals surface area contributed by atoms with Gasteiger partial charge in [0.1, 0.15) is 17.4 Å². The molecule has 0 saturated carbocycles. The number of aliphatic hydroxyl groups excluding tert-OH is 1. The second-order valence-corrected chi connectivity index (χ2v) is 5.02. The Bertz CT molecular complexity index is 685. The van der Waals surface area contributed by atoms with Crippen LogP contribution < -0.4 is 5.32 Å². The fourth-order valence-electron chi connectivity index (χ4n) is 2.24. The van der Waals surface area contributed by atoms with E-state index in [4.69, 9.17) is 9.68 Å². The number of amides is 1. The van der Waals surface area contributed by atoms with Gasteiger partial charge in [-0.25, -0.2) is 0 Å². The Morgan fingerprint density at radius 1 is 1.30 bits per heavy atom. The molecular formula is C18H18N2O3. The number of carbonyl (C=O) groups is 1. The van der Waals surface area contributed by atoms with Gasteiger partial charge in [-0.3, -0.25) is 4.79 Å². The summed E-state index contributed by atoms with van der Waals surface area (Å²) < 4.78 is 5.11. The van der Waals surface area contributed by atoms with Crippen LogP contribution in [0.2, 0.25) is 0 Å². The number of nitrogens with zero attached hydrogens (tertiary/aromatic N) is 1. The van der Waals surface area contributed by atoms with Crippen molar-refractivity contribution in [2.24, 2.45) is 0 Å². The Labute approximate surface area is 134 Å². The number of carbonyl (C=O) groups excluding carboxylic acids is 1. The van der Waals surface area contributed by atoms with Gasteiger partial charge in [-0.1, -0.05) is 30.3 Å². The molecule has 1 heterocycles. The predicted molar refractivity (Wildman–Crippen MR) is 86.2 cm³/mol. The van der Waals surface area contributed by atoms with Gasteiger partial charge in [0, 0.05) is 25.1 Å². The first-order valence-corrected chi connectivity index (χ1v) is 7.34. The summed E-state index contributed by atoms with van der Waals surface area (Å²) in [4.78, 5) is 12.1. The quantitative estimate of drug-likeness (QED) is 0.607. The topological polar surface area (TPSA) is 86.3 Å². The van der Waals surface area contributed by atoms with Gasteiger partial charge in [0.15, 0.2) is 0 Å². The predicted octanol–water partition coefficient (Wildman–Crippen LogP) is 2.47. The maximum atomic E-state index is 12.1. The van der Waals surface area contributed by atoms with Crippen molar-refractivity contribution in [1.82, 2.24) is 5.32 Å². The van der Waals surface area contributed by atoms with Crippen LogP contribution >= 0.6 is 0 Å². The number of hydrogen-bond acceptors (Lipinski definition) is 4. The molecule has 0 aliphatic rings. The van der Waals surface area contributed by atoms with Crippen LogP contribution in [0.4, 0.5) is 0 Å². The second-order valence-electron chi connectivity index (χ2n) is 5.02. The van der Waals surface area contributed by atoms with E-state index in [1.54, 1.807) is 12.1 Å². The van der Waals surface area contributed by atoms with Crippen LogP contribution in [0.15, 0.2) is 58.7 Å². The number of benzene rings is 1. The molecule has 118 valence electrons. The number of nitrogens with one attached hydrogen (secondary N) is 1. The molecule has 0 radical (unpaired) electrons. The molecule has 5 nitrogen and oxygen atoms in total. The van der Waals surface area contributed by atoms with Gasteiger partial charge < -0.3 is 14.8 Å². The van der Waals surface area contributed by atoms with Crippen molar-refractivity contribution in [2.45, 2.75) is 12.3 Å². The molecular weight excluding hydrogens is 292 g/mol. The summed E-state index contributed by atoms with van der Waals surface area (Å²) in [6.45, 7) is 0.378. The molecule has 1 amide bonds. The van der Waals surface area contributed by atoms with Crippen molar-refractivity contribution in [2.75, 3.05) is 13.2 Å². The van der Waals surface area contributed by atoms with E-state index in [0.29, 0.717) is 18.7 Å². The zero-order valence-corrected chi connectivity index (χ0v) is 12.6. The van der Waals surface area contributed by atoms with E-state index in [0.717, 1.165) is 5.56 Å². The summed E-state index contributed by atoms with van der Waals surface area (Å²) in [5, 5.41) is 21.1. The van der Waals surface area contributed by atoms with Crippen molar-refractivity contribution in [1.29, 1.82) is 5.26 Å². The third-order valence-corrected chi connectivity index (χ3v) is 3.45. The minimum absolute atomic E-state index is 0.00583. The number of furan rings is 1. The van der Waals surface area contributed by atoms with Crippen LogP contribution in [0.1, 0.15) is 23.7 Å². The molecule has 5 heteroatoms. The maximum Gasteiger partial charge on any atom is 0.262 e. The average molecular weight is 310 g/mol. The zero-order chi connectivity index (χ0) is 16.5. The van der Waals surface area contributed by atoms with Crippen LogP contribution in [-0.2, 0) is 4.79 Å². The number of hydrogen-bond donors (Lipinski definition) is 2. The molecule has 0 aliphatic carbocycles. The standard InChI is InChI=1S/C18H18N2O3/c19-12-16(11-17-7-4-10-23-17)18(22)20-13-15(8-9-21)14-5-2-1-3-6-14/h1-7,10-11,15,21H,8-9,13H2,(H,20,22)/b16-11+. The molecule has 23 heavy (non-hydrogen) atoms. The lowest BCUT2D eigenvalue weighted by molar-refractivity contribution is -0.117. The van der Waals surface area contributed by atoms with E-state index < -0.39 is 5.91 Å². The second kappa shape index (κ2) is 8.57. The van der Waals surface area contributed by atoms with Crippen LogP contribution in [0.5, 0.6) is 0 Å². The van der Waals surface area contributed by atoms with E-state index in [-0.39, 0.29) is 18.1 Å². The lowest BCUT2D eigenvalue weighted by Gasteiger charge is -2.16. The molecule has 0 aliphatic heterocycles. The first-order valence-electron chi connectivity index (χ1n) is 7.34. The fraction of sp³-hybridized carbons (Fsp3) is 0.222. The van der Waals surface area contributed by atoms with Gasteiger partial charge in [0.05, 0.1) is 6.26 Å². The molecule has 2 N–H and O–H groups in total. The van der Waals surface area contributed by atoms with Crippen LogP contribution in [0.25, 0.3) is 6.08 Å². The average Bonchev–Trinajstić information content (AvgIpc) is 3.10. The lowest BCUT2D eigenvalue weighted by atomic mass is 9.96. The van der Waals surface area contributed by atoms with Crippen molar-refractivity contribution >= 4 is 12.0 Å². The molecule has 1 aromatic carbocycles. The smallest absolute Gasteiger partial charge is 0.262 e. The largest absolute Gasteiger partial charge is 0.465 e. The number of rotatable bonds is 7. The molecule has 1 atom stereocenters. The van der Waals surface area contributed by atoms with Gasteiger partial charge >= 0.3 is 0 Å². The Balaban J connectivity index is 2.02. The third-order valence-electron chi connectivity index (χ3n) is 3.45. The minimum Gasteiger partial charge on any atom is -0.465 e. The minimum atomic E-state index is -0.456. The number of nitriles is 1. The number of aliphatic hydroxyl groups is 1. The Morgan fingerprint density at radius 2 is 2.09 bits per heavy atom. The first kappa shape index (κ1) is 16.5. The van der Waals surface area contributed by atoms with Crippen molar-refractivity contribution in [3.05, 3.63) is 65.6 Å². The van der Waals surface area contributed by atoms with Crippen molar-refractivity contribution < 1.29 is 14.3 Å². The first-order chi connectivity index (χ1) is 11.2. The monoisotopic (exact) mass is 310 g/mol. The van der Waals surface area contributed by atoms with E-state index in [1.807, 2.05) is 36.4 Å². The summed E-state index contributed by atoms with van der Waals surface area (Å²) in [7, 11) is 0. The van der Waals surface area contributed by atoms with Gasteiger partial charge in [-0.2, -0.15) is 5.26 Å². The highest BCUT2D eigenvalue weighted by molar-refractivity contribution is 6.01. The normalized spacial score (nSPS) is 12.4. The summed E-state index contributed by atoms with van der Waals surface area (Å²) in [6, 6.07) is 14.9. The molecule has 2 aromatic rings. The summed E-state index contributed by atoms with van der Waals surface area (Å²) in [5.74, 6) is -0.0110. The SMILES string of the molecule is N#C/C(=C\c1ccco1)C(=O)NCC(CCO)c1ccccc1. The summed E-state index contributed by atoms with van der Waals surface area (Å²) >= 11 is 0. The van der Waals surface area contributed by atoms with Gasteiger partial charge in [0.25, 0.3) is 5.91 Å². The van der Waals surface area contributed by atoms with Gasteiger partial charge in [0.2, 0.25) is 0 Å². The van der Waals surface area contributed by atoms with Crippen LogP contribution in [0.3, 0.4) is 0 Å². The lowest BCUT2D eigenvalue weighted by Crippen LogP contribution is -2.29. The van der Waals surface area contributed by atoms with Crippen LogP contribution in [-0.4, -0.2) is 24.2 Å². The fourth-order valence-corrected chi connectivity index (χ4v) is 2.24. The third kappa shape index (κ3) is 4.83. The molecule has 2 rings (SSSR count). The molecule has 1 aromatic heterocycles. The maximum absolute atomic E-state index is 12.1. The summed E-state index contributed by atoms with van der Waals surface area (Å²) in [6.07, 6.45) is 3.42. The highest BCUT2D eigenvalue weighted by atomic mass is 16.3. The molecule has 1 unspecified atom stereocenters. The molecule has 0 bridgehead atoms. The molecule has 0 saturated heterocycles. The Kier molecular flexibility index (Phi) is 6.16. The van der Waals surface area contributed by atoms with E-state index in [2.05, 4.69) is 5.32 Å². The van der Waals surface area contributed by atoms with Gasteiger partial charge in [-0.05, 0) is 24.1 Å². The molecule has 0 spiro atoms. The highest BCUT2D eigenvalue weighted by Crippen LogP contribution is 2.18. The van der Waals surface area contributed by atoms with E-state index in [1.165, 1.54) is 12.3 Å². The van der Waals surface area contributed by atoms with Crippen molar-refractivity contribution in [3.8, 4) is 6.07 Å². The Hall–Kier alpha value is -2.84. The highest BCUT2D eigenvalue weighted by Gasteiger charge is 2.15. The van der Waals surface area contributed by atoms with Gasteiger partial charge in [-0.15, -0.1) is 0 Å². The Morgan fingerprint density at radius 3 is 2.70 bits per heavy atom. The van der Waals surface area contributed by atoms with E-state index >= 15 is 0 Å². The molecule has 0 fully saturated rings. The van der Waals surface area contributed by atoms with E-state index in [9.17, 15) is 9.90 Å². The van der Waals surface area contributed by atoms with Crippen LogP contribution in [0, 0.1) is 11.3 Å².